The van der Waals surface area contributed by atoms with Crippen molar-refractivity contribution in [2.75, 3.05) is 52.5 Å². The zero-order valence-electron chi connectivity index (χ0n) is 48.1. The molecule has 0 spiro atoms. The molecular formula is C62H88N4O6S4. The molecule has 2 amide bonds. The summed E-state index contributed by atoms with van der Waals surface area (Å²) in [5.74, 6) is 1.36. The Balaban J connectivity index is 1.73. The average molecular weight is 1110 g/mol. The molecule has 0 aliphatic heterocycles. The number of nitrogens with zero attached hydrogens (tertiary/aromatic N) is 2. The monoisotopic (exact) mass is 1110 g/mol. The van der Waals surface area contributed by atoms with Gasteiger partial charge in [0.25, 0.3) is 0 Å². The molecule has 4 aromatic rings. The Labute approximate surface area is 477 Å². The van der Waals surface area contributed by atoms with E-state index in [0.29, 0.717) is 58.9 Å². The number of aromatic hydroxyl groups is 2. The molecule has 4 aromatic carbocycles. The lowest BCUT2D eigenvalue weighted by atomic mass is 9.79. The van der Waals surface area contributed by atoms with Crippen LogP contribution in [0.5, 0.6) is 23.0 Å². The third-order valence-corrected chi connectivity index (χ3v) is 15.2. The Hall–Kier alpha value is -4.50. The fourth-order valence-corrected chi connectivity index (χ4v) is 10.00. The van der Waals surface area contributed by atoms with Gasteiger partial charge >= 0.3 is 0 Å². The fourth-order valence-electron chi connectivity index (χ4n) is 9.34. The van der Waals surface area contributed by atoms with Gasteiger partial charge in [-0.05, 0) is 101 Å². The molecule has 0 aromatic heterocycles. The number of rotatable bonds is 18. The van der Waals surface area contributed by atoms with Gasteiger partial charge in [-0.2, -0.15) is 0 Å². The van der Waals surface area contributed by atoms with Crippen molar-refractivity contribution in [3.05, 3.63) is 115 Å². The molecule has 5 rings (SSSR count). The minimum Gasteiger partial charge on any atom is -0.507 e. The predicted octanol–water partition coefficient (Wildman–Crippen LogP) is 12.6. The van der Waals surface area contributed by atoms with Crippen LogP contribution in [0.2, 0.25) is 0 Å². The van der Waals surface area contributed by atoms with Gasteiger partial charge in [0.1, 0.15) is 44.9 Å². The molecule has 0 unspecified atom stereocenters. The van der Waals surface area contributed by atoms with Crippen LogP contribution >= 0.6 is 49.7 Å². The van der Waals surface area contributed by atoms with E-state index in [1.807, 2.05) is 0 Å². The van der Waals surface area contributed by atoms with E-state index >= 15 is 0 Å². The van der Waals surface area contributed by atoms with Crippen molar-refractivity contribution in [3.8, 4) is 23.0 Å². The quantitative estimate of drug-likeness (QED) is 0.0287. The van der Waals surface area contributed by atoms with E-state index in [4.69, 9.17) is 33.9 Å². The van der Waals surface area contributed by atoms with Crippen LogP contribution in [0.25, 0.3) is 0 Å². The van der Waals surface area contributed by atoms with Crippen molar-refractivity contribution in [1.82, 2.24) is 20.4 Å². The normalized spacial score (nSPS) is 12.9. The lowest BCUT2D eigenvalue weighted by Gasteiger charge is -2.28. The van der Waals surface area contributed by atoms with Gasteiger partial charge in [-0.15, -0.1) is 25.3 Å². The van der Waals surface area contributed by atoms with Gasteiger partial charge in [0.15, 0.2) is 0 Å². The third-order valence-electron chi connectivity index (χ3n) is 14.1. The first kappa shape index (κ1) is 62.3. The summed E-state index contributed by atoms with van der Waals surface area (Å²) in [5, 5.41) is 31.5. The van der Waals surface area contributed by atoms with Gasteiger partial charge in [-0.3, -0.25) is 9.59 Å². The number of thiocarbonyl (C=S) groups is 2. The summed E-state index contributed by atoms with van der Waals surface area (Å²) in [6.45, 7) is 32.8. The number of amides is 2. The van der Waals surface area contributed by atoms with Gasteiger partial charge in [-0.1, -0.05) is 183 Å². The van der Waals surface area contributed by atoms with Crippen molar-refractivity contribution in [3.63, 3.8) is 0 Å². The highest BCUT2D eigenvalue weighted by Crippen LogP contribution is 2.44. The second kappa shape index (κ2) is 26.4. The maximum absolute atomic E-state index is 13.3. The van der Waals surface area contributed by atoms with E-state index in [1.165, 1.54) is 0 Å². The molecule has 14 heteroatoms. The Kier molecular flexibility index (Phi) is 21.7. The third kappa shape index (κ3) is 17.2. The van der Waals surface area contributed by atoms with Crippen LogP contribution in [0.4, 0.5) is 0 Å². The molecule has 10 nitrogen and oxygen atoms in total. The summed E-state index contributed by atoms with van der Waals surface area (Å²) in [6, 6.07) is 17.3. The van der Waals surface area contributed by atoms with Crippen LogP contribution in [-0.4, -0.2) is 93.0 Å². The Bertz CT molecular complexity index is 2450. The minimum absolute atomic E-state index is 0.106. The van der Waals surface area contributed by atoms with Crippen molar-refractivity contribution in [1.29, 1.82) is 0 Å². The van der Waals surface area contributed by atoms with Crippen LogP contribution in [0.3, 0.4) is 0 Å². The molecule has 0 saturated heterocycles. The number of benzene rings is 4. The second-order valence-electron chi connectivity index (χ2n) is 24.8. The number of nitrogens with one attached hydrogen (secondary N) is 2. The molecule has 416 valence electrons. The van der Waals surface area contributed by atoms with E-state index in [9.17, 15) is 19.8 Å². The minimum atomic E-state index is -0.277. The van der Waals surface area contributed by atoms with E-state index < -0.39 is 0 Å². The van der Waals surface area contributed by atoms with E-state index in [1.54, 1.807) is 9.80 Å². The Morgan fingerprint density at radius 2 is 0.750 bits per heavy atom. The highest BCUT2D eigenvalue weighted by Gasteiger charge is 2.29. The second-order valence-corrected chi connectivity index (χ2v) is 27.0. The first-order chi connectivity index (χ1) is 35.4. The first-order valence-corrected chi connectivity index (χ1v) is 28.9. The van der Waals surface area contributed by atoms with Crippen LogP contribution in [-0.2, 0) is 56.9 Å². The summed E-state index contributed by atoms with van der Waals surface area (Å²) in [5.41, 5.74) is 9.81. The zero-order valence-corrected chi connectivity index (χ0v) is 51.5. The molecular weight excluding hydrogens is 1020 g/mol. The van der Waals surface area contributed by atoms with Crippen LogP contribution in [0.15, 0.2) is 48.5 Å². The number of thiol groups is 2. The molecule has 0 saturated carbocycles. The maximum Gasteiger partial charge on any atom is 0.239 e. The number of unbranched alkanes of at least 4 members (excludes halogenated alkanes) is 2. The summed E-state index contributed by atoms with van der Waals surface area (Å²) in [6.07, 6.45) is 5.11. The lowest BCUT2D eigenvalue weighted by molar-refractivity contribution is -0.122. The topological polar surface area (TPSA) is 124 Å². The van der Waals surface area contributed by atoms with Gasteiger partial charge < -0.3 is 40.1 Å². The van der Waals surface area contributed by atoms with Crippen molar-refractivity contribution in [2.24, 2.45) is 0 Å². The standard InChI is InChI=1S/C62H88N4O6S4/c1-15-17-21-65(57(73)74)37-51(67)63-19-23-71-55-43-25-39-29-47(59(3,4)5)31-41(53(39)69)27-45-35-50(62(12,13)14)36-46(56(45)72-24-20-64-52(68)38-66(58(75)76)22-18-16-2)28-42-32-48(60(6,7)8)30-40(54(42)70)26-44(55)34-49(33-43)61(9,10)11/h29-36,69-70H,15-28,37-38H2,1-14H3,(H,63,67)(H,64,68)(H,73,74)(H,75,76). The SMILES string of the molecule is CCCCN(CC(=O)NCCOc1c2cc(C(C)(C)C)cc1Cc1cc(C(C)(C)C)cc(c1O)Cc1cc(C(C)(C)C)cc(c1OCCNC(=O)CN(CCCC)C(=S)S)Cc1cc(C(C)(C)C)cc(c1O)C2)C(=S)S. The molecule has 0 atom stereocenters. The first-order valence-electron chi connectivity index (χ1n) is 27.2. The number of ether oxygens (including phenoxy) is 2. The largest absolute Gasteiger partial charge is 0.507 e. The van der Waals surface area contributed by atoms with Crippen LogP contribution < -0.4 is 20.1 Å². The van der Waals surface area contributed by atoms with Gasteiger partial charge in [0.2, 0.25) is 11.8 Å². The van der Waals surface area contributed by atoms with Crippen molar-refractivity contribution in [2.45, 2.75) is 170 Å². The van der Waals surface area contributed by atoms with E-state index in [0.717, 1.165) is 92.4 Å². The summed E-state index contributed by atoms with van der Waals surface area (Å²) < 4.78 is 14.5. The highest BCUT2D eigenvalue weighted by molar-refractivity contribution is 8.11. The van der Waals surface area contributed by atoms with Gasteiger partial charge in [0.05, 0.1) is 26.2 Å². The van der Waals surface area contributed by atoms with Crippen molar-refractivity contribution >= 4 is 70.1 Å². The number of carbonyl (C=O) groups is 2. The Morgan fingerprint density at radius 3 is 0.974 bits per heavy atom. The molecule has 1 aliphatic rings. The Morgan fingerprint density at radius 1 is 0.500 bits per heavy atom. The number of fused-ring (bicyclic) bond motifs is 8. The highest BCUT2D eigenvalue weighted by atomic mass is 32.1. The predicted molar refractivity (Wildman–Crippen MR) is 328 cm³/mol. The molecule has 1 aliphatic carbocycles. The van der Waals surface area contributed by atoms with E-state index in [2.05, 4.69) is 181 Å². The molecule has 0 radical (unpaired) electrons. The number of carbonyl (C=O) groups excluding carboxylic acids is 2. The van der Waals surface area contributed by atoms with E-state index in [-0.39, 0.29) is 84.4 Å². The maximum atomic E-state index is 13.3. The zero-order chi connectivity index (χ0) is 56.5. The van der Waals surface area contributed by atoms with Crippen LogP contribution in [0, 0.1) is 0 Å². The smallest absolute Gasteiger partial charge is 0.239 e. The molecule has 0 fully saturated rings. The molecule has 4 N–H and O–H groups in total. The summed E-state index contributed by atoms with van der Waals surface area (Å²) in [7, 11) is 0. The molecule has 76 heavy (non-hydrogen) atoms. The molecule has 0 heterocycles. The number of phenols is 2. The number of hydrogen-bond acceptors (Lipinski definition) is 8. The average Bonchev–Trinajstić information content (AvgIpc) is 3.30. The summed E-state index contributed by atoms with van der Waals surface area (Å²) in [4.78, 5) is 30.2. The number of phenolic OH excluding ortho intramolecular Hbond substituents is 2. The molecule has 8 bridgehead atoms. The fraction of sp³-hybridized carbons (Fsp3) is 0.548. The summed E-state index contributed by atoms with van der Waals surface area (Å²) >= 11 is 19.5. The van der Waals surface area contributed by atoms with Crippen LogP contribution in [0.1, 0.15) is 189 Å². The van der Waals surface area contributed by atoms with Gasteiger partial charge in [0, 0.05) is 38.8 Å². The van der Waals surface area contributed by atoms with Crippen molar-refractivity contribution < 1.29 is 29.3 Å². The number of hydrogen-bond donors (Lipinski definition) is 6. The lowest BCUT2D eigenvalue weighted by Crippen LogP contribution is -2.40. The van der Waals surface area contributed by atoms with Gasteiger partial charge in [-0.25, -0.2) is 0 Å².